The van der Waals surface area contributed by atoms with Gasteiger partial charge in [0.25, 0.3) is 17.2 Å². The van der Waals surface area contributed by atoms with Gasteiger partial charge in [0.05, 0.1) is 23.3 Å². The first-order chi connectivity index (χ1) is 15.6. The van der Waals surface area contributed by atoms with Crippen molar-refractivity contribution in [1.82, 2.24) is 9.97 Å². The molecule has 0 aliphatic heterocycles. The molecule has 3 rings (SSSR count). The van der Waals surface area contributed by atoms with Gasteiger partial charge in [0.1, 0.15) is 26.9 Å². The minimum Gasteiger partial charge on any atom is -0.346 e. The van der Waals surface area contributed by atoms with E-state index >= 15 is 4.39 Å². The Morgan fingerprint density at radius 1 is 1.27 bits per heavy atom. The number of anilines is 2. The highest BCUT2D eigenvalue weighted by Crippen LogP contribution is 2.27. The Morgan fingerprint density at radius 3 is 2.73 bits per heavy atom. The molecule has 0 radical (unpaired) electrons. The van der Waals surface area contributed by atoms with Gasteiger partial charge in [-0.3, -0.25) is 13.7 Å². The first-order valence-electron chi connectivity index (χ1n) is 9.94. The fraction of sp³-hybridized carbons (Fsp3) is 0.300. The molecule has 178 valence electrons. The van der Waals surface area contributed by atoms with Crippen LogP contribution in [0.5, 0.6) is 0 Å². The second kappa shape index (κ2) is 10.4. The number of sulfone groups is 1. The zero-order chi connectivity index (χ0) is 24.2. The molecule has 13 heteroatoms. The second-order valence-electron chi connectivity index (χ2n) is 7.19. The molecule has 1 unspecified atom stereocenters. The van der Waals surface area contributed by atoms with Gasteiger partial charge in [0.15, 0.2) is 5.82 Å². The van der Waals surface area contributed by atoms with E-state index in [2.05, 4.69) is 15.3 Å². The van der Waals surface area contributed by atoms with Crippen molar-refractivity contribution in [3.8, 4) is 0 Å². The number of halogens is 2. The molecule has 0 saturated heterocycles. The van der Waals surface area contributed by atoms with Gasteiger partial charge in [-0.25, -0.2) is 26.4 Å². The summed E-state index contributed by atoms with van der Waals surface area (Å²) in [5, 5.41) is 3.03. The monoisotopic (exact) mass is 500 g/mol. The van der Waals surface area contributed by atoms with Crippen LogP contribution in [-0.4, -0.2) is 51.1 Å². The third-order valence-electron chi connectivity index (χ3n) is 4.74. The molecule has 2 aromatic heterocycles. The van der Waals surface area contributed by atoms with Crippen LogP contribution in [-0.2, 0) is 21.1 Å². The molecule has 9 nitrogen and oxygen atoms in total. The number of nitrogens with one attached hydrogen (secondary N) is 2. The first-order valence-corrected chi connectivity index (χ1v) is 12.8. The van der Waals surface area contributed by atoms with Gasteiger partial charge in [-0.2, -0.15) is 0 Å². The number of carbonyl (C=O) groups is 1. The Balaban J connectivity index is 1.84. The molecule has 0 spiro atoms. The normalized spacial score (nSPS) is 12.6. The number of nitrogens with zero attached hydrogens (tertiary/aromatic N) is 2. The smallest absolute Gasteiger partial charge is 0.261 e. The van der Waals surface area contributed by atoms with E-state index in [-0.39, 0.29) is 30.2 Å². The number of benzene rings is 1. The van der Waals surface area contributed by atoms with Crippen molar-refractivity contribution in [3.05, 3.63) is 53.9 Å². The van der Waals surface area contributed by atoms with Crippen LogP contribution in [0.15, 0.2) is 36.7 Å². The van der Waals surface area contributed by atoms with E-state index in [0.717, 1.165) is 12.1 Å². The molecular weight excluding hydrogens is 478 g/mol. The fourth-order valence-corrected chi connectivity index (χ4v) is 5.26. The van der Waals surface area contributed by atoms with Crippen molar-refractivity contribution < 1.29 is 30.8 Å². The van der Waals surface area contributed by atoms with Gasteiger partial charge in [0, 0.05) is 23.9 Å². The van der Waals surface area contributed by atoms with Crippen molar-refractivity contribution in [3.63, 3.8) is 0 Å². The third-order valence-corrected chi connectivity index (χ3v) is 7.44. The Morgan fingerprint density at radius 2 is 2.03 bits per heavy atom. The van der Waals surface area contributed by atoms with E-state index in [9.17, 15) is 26.4 Å². The number of hydrogen-bond donors (Lipinski definition) is 3. The molecule has 0 bridgehead atoms. The highest BCUT2D eigenvalue weighted by Gasteiger charge is 2.26. The Labute approximate surface area is 191 Å². The summed E-state index contributed by atoms with van der Waals surface area (Å²) in [6.07, 6.45) is 3.32. The van der Waals surface area contributed by atoms with Gasteiger partial charge >= 0.3 is 0 Å². The van der Waals surface area contributed by atoms with E-state index in [1.165, 1.54) is 6.20 Å². The molecule has 1 aromatic carbocycles. The maximum atomic E-state index is 15.2. The predicted octanol–water partition coefficient (Wildman–Crippen LogP) is 3.25. The number of hydrogen-bond acceptors (Lipinski definition) is 5. The quantitative estimate of drug-likeness (QED) is 0.366. The molecule has 0 saturated carbocycles. The van der Waals surface area contributed by atoms with Gasteiger partial charge in [-0.05, 0) is 37.1 Å². The van der Waals surface area contributed by atoms with E-state index in [0.29, 0.717) is 21.8 Å². The van der Waals surface area contributed by atoms with Crippen molar-refractivity contribution in [1.29, 1.82) is 0 Å². The molecular formula is C20H22F2N4O5S2. The number of aromatic nitrogens is 2. The Kier molecular flexibility index (Phi) is 7.76. The summed E-state index contributed by atoms with van der Waals surface area (Å²) in [5.74, 6) is -3.92. The topological polar surface area (TPSA) is 132 Å². The van der Waals surface area contributed by atoms with Gasteiger partial charge < -0.3 is 10.3 Å². The molecule has 33 heavy (non-hydrogen) atoms. The average Bonchev–Trinajstić information content (AvgIpc) is 3.19. The average molecular weight is 501 g/mol. The lowest BCUT2D eigenvalue weighted by atomic mass is 10.1. The van der Waals surface area contributed by atoms with E-state index < -0.39 is 49.9 Å². The molecule has 3 N–H and O–H groups in total. The first kappa shape index (κ1) is 24.7. The number of rotatable bonds is 10. The zero-order valence-corrected chi connectivity index (χ0v) is 19.2. The minimum atomic E-state index is -3.35. The van der Waals surface area contributed by atoms with E-state index in [1.54, 1.807) is 25.3 Å². The standard InChI is InChI=1S/C20H22F2N4O5S2/c1-2-9-33(30,31)10-3-8-26(32(28)29)16-5-4-15(21)17(18(16)22)20(27)25-14-11-13-6-7-23-19(13)24-12-14/h4-7,11-12H,2-3,8-10H2,1H3,(H,23,24)(H,25,27)(H,28,29). The van der Waals surface area contributed by atoms with Crippen molar-refractivity contribution >= 4 is 49.4 Å². The lowest BCUT2D eigenvalue weighted by Crippen LogP contribution is -2.30. The van der Waals surface area contributed by atoms with Gasteiger partial charge in [0.2, 0.25) is 0 Å². The van der Waals surface area contributed by atoms with Crippen LogP contribution in [0, 0.1) is 11.6 Å². The second-order valence-corrected chi connectivity index (χ2v) is 10.4. The van der Waals surface area contributed by atoms with E-state index in [4.69, 9.17) is 0 Å². The maximum absolute atomic E-state index is 15.2. The Bertz CT molecular complexity index is 1300. The van der Waals surface area contributed by atoms with Crippen LogP contribution in [0.1, 0.15) is 30.1 Å². The largest absolute Gasteiger partial charge is 0.346 e. The SMILES string of the molecule is CCCS(=O)(=O)CCCN(c1ccc(F)c(C(=O)Nc2cnc3[nH]ccc3c2)c1F)S(=O)O. The number of carbonyl (C=O) groups excluding carboxylic acids is 1. The summed E-state index contributed by atoms with van der Waals surface area (Å²) < 4.78 is 75.4. The lowest BCUT2D eigenvalue weighted by molar-refractivity contribution is 0.101. The summed E-state index contributed by atoms with van der Waals surface area (Å²) in [6.45, 7) is 1.41. The van der Waals surface area contributed by atoms with Gasteiger partial charge in [-0.1, -0.05) is 6.92 Å². The number of H-pyrrole nitrogens is 1. The fourth-order valence-electron chi connectivity index (χ4n) is 3.27. The minimum absolute atomic E-state index is 0.0339. The van der Waals surface area contributed by atoms with Crippen LogP contribution < -0.4 is 9.62 Å². The van der Waals surface area contributed by atoms with Gasteiger partial charge in [-0.15, -0.1) is 0 Å². The highest BCUT2D eigenvalue weighted by molar-refractivity contribution is 7.91. The zero-order valence-electron chi connectivity index (χ0n) is 17.5. The molecule has 1 atom stereocenters. The summed E-state index contributed by atoms with van der Waals surface area (Å²) in [6, 6.07) is 4.98. The van der Waals surface area contributed by atoms with Crippen LogP contribution in [0.25, 0.3) is 11.0 Å². The summed E-state index contributed by atoms with van der Waals surface area (Å²) >= 11 is -2.74. The predicted molar refractivity (Wildman–Crippen MR) is 122 cm³/mol. The summed E-state index contributed by atoms with van der Waals surface area (Å²) in [4.78, 5) is 19.6. The summed E-state index contributed by atoms with van der Waals surface area (Å²) in [7, 11) is -3.35. The number of pyridine rings is 1. The van der Waals surface area contributed by atoms with Crippen LogP contribution in [0.3, 0.4) is 0 Å². The number of amides is 1. The lowest BCUT2D eigenvalue weighted by Gasteiger charge is -2.21. The number of aromatic amines is 1. The molecule has 0 fully saturated rings. The molecule has 1 amide bonds. The van der Waals surface area contributed by atoms with Crippen molar-refractivity contribution in [2.75, 3.05) is 27.7 Å². The highest BCUT2D eigenvalue weighted by atomic mass is 32.2. The third kappa shape index (κ3) is 5.92. The molecule has 3 aromatic rings. The van der Waals surface area contributed by atoms with Crippen LogP contribution in [0.4, 0.5) is 20.2 Å². The van der Waals surface area contributed by atoms with Crippen LogP contribution >= 0.6 is 0 Å². The Hall–Kier alpha value is -2.90. The van der Waals surface area contributed by atoms with Crippen LogP contribution in [0.2, 0.25) is 0 Å². The van der Waals surface area contributed by atoms with E-state index in [1.807, 2.05) is 0 Å². The van der Waals surface area contributed by atoms with Crippen molar-refractivity contribution in [2.24, 2.45) is 0 Å². The number of fused-ring (bicyclic) bond motifs is 1. The van der Waals surface area contributed by atoms with Crippen molar-refractivity contribution in [2.45, 2.75) is 19.8 Å². The molecule has 0 aliphatic rings. The maximum Gasteiger partial charge on any atom is 0.261 e. The molecule has 0 aliphatic carbocycles. The molecule has 2 heterocycles. The summed E-state index contributed by atoms with van der Waals surface area (Å²) in [5.41, 5.74) is -0.695.